The molecule has 6 aromatic rings. The molecule has 0 spiro atoms. The average Bonchev–Trinajstić information content (AvgIpc) is 3.69. The van der Waals surface area contributed by atoms with Crippen molar-refractivity contribution >= 4 is 11.4 Å². The van der Waals surface area contributed by atoms with Crippen molar-refractivity contribution in [1.82, 2.24) is 0 Å². The number of nitrogens with zero attached hydrogens (tertiary/aromatic N) is 4. The smallest absolute Gasteiger partial charge is 0.172 e. The van der Waals surface area contributed by atoms with Crippen LogP contribution in [0.2, 0.25) is 0 Å². The predicted octanol–water partition coefficient (Wildman–Crippen LogP) is 11.3. The van der Waals surface area contributed by atoms with Gasteiger partial charge in [0.25, 0.3) is 0 Å². The first-order valence-corrected chi connectivity index (χ1v) is 16.8. The minimum Gasteiger partial charge on any atom is -0.172 e. The monoisotopic (exact) mass is 680 g/mol. The Bertz CT molecular complexity index is 2700. The van der Waals surface area contributed by atoms with Gasteiger partial charge < -0.3 is 0 Å². The summed E-state index contributed by atoms with van der Waals surface area (Å²) in [5, 5.41) is 19.6. The molecule has 0 bridgehead atoms. The number of hydrogen-bond donors (Lipinski definition) is 0. The third-order valence-corrected chi connectivity index (χ3v) is 10.8. The highest BCUT2D eigenvalue weighted by atomic mass is 19.4. The van der Waals surface area contributed by atoms with Gasteiger partial charge in [0.1, 0.15) is 0 Å². The van der Waals surface area contributed by atoms with E-state index in [-0.39, 0.29) is 5.41 Å². The standard InChI is InChI=1S/C45H27F3N4/c1-24-4-6-25(7-5-24)27-10-14-30-32-20-40-34(18-38(32)42(51-22-49)36(30)16-27)35-19-39-33(21-41(35)44(40,2)3)31-15-11-28(17-37(31)43(39)52-23-50)26-8-12-29(13-9-26)45(46,47)48/h4-21H,1-3H3/b51-42-,52-43-. The van der Waals surface area contributed by atoms with Gasteiger partial charge in [-0.1, -0.05) is 80.1 Å². The third kappa shape index (κ3) is 4.53. The maximum atomic E-state index is 13.2. The van der Waals surface area contributed by atoms with Crippen LogP contribution >= 0.6 is 0 Å². The van der Waals surface area contributed by atoms with E-state index in [9.17, 15) is 23.7 Å². The van der Waals surface area contributed by atoms with Crippen molar-refractivity contribution < 1.29 is 13.2 Å². The van der Waals surface area contributed by atoms with Crippen LogP contribution in [0, 0.1) is 29.8 Å². The number of aryl methyl sites for hydroxylation is 1. The molecule has 0 atom stereocenters. The first kappa shape index (κ1) is 31.4. The van der Waals surface area contributed by atoms with Crippen molar-refractivity contribution in [2.75, 3.05) is 0 Å². The number of rotatable bonds is 2. The fraction of sp³-hybridized carbons (Fsp3) is 0.111. The van der Waals surface area contributed by atoms with Gasteiger partial charge in [-0.15, -0.1) is 0 Å². The summed E-state index contributed by atoms with van der Waals surface area (Å²) in [6, 6.07) is 34.3. The summed E-state index contributed by atoms with van der Waals surface area (Å²) >= 11 is 0. The molecule has 0 saturated carbocycles. The molecule has 248 valence electrons. The van der Waals surface area contributed by atoms with Gasteiger partial charge in [0.05, 0.1) is 17.0 Å². The van der Waals surface area contributed by atoms with E-state index in [1.807, 2.05) is 30.6 Å². The van der Waals surface area contributed by atoms with Crippen LogP contribution < -0.4 is 0 Å². The van der Waals surface area contributed by atoms with Gasteiger partial charge in [-0.2, -0.15) is 33.7 Å². The minimum absolute atomic E-state index is 0.374. The van der Waals surface area contributed by atoms with E-state index in [0.717, 1.165) is 95.6 Å². The van der Waals surface area contributed by atoms with Gasteiger partial charge in [0.2, 0.25) is 12.4 Å². The van der Waals surface area contributed by atoms with Crippen molar-refractivity contribution in [2.45, 2.75) is 32.4 Å². The maximum absolute atomic E-state index is 13.2. The molecule has 4 nitrogen and oxygen atoms in total. The fourth-order valence-corrected chi connectivity index (χ4v) is 8.20. The lowest BCUT2D eigenvalue weighted by atomic mass is 9.80. The maximum Gasteiger partial charge on any atom is 0.416 e. The largest absolute Gasteiger partial charge is 0.416 e. The van der Waals surface area contributed by atoms with Crippen molar-refractivity contribution in [3.63, 3.8) is 0 Å². The number of halogens is 3. The normalized spacial score (nSPS) is 15.7. The van der Waals surface area contributed by atoms with E-state index in [4.69, 9.17) is 0 Å². The number of alkyl halides is 3. The Morgan fingerprint density at radius 1 is 0.481 bits per heavy atom. The highest BCUT2D eigenvalue weighted by Gasteiger charge is 2.41. The third-order valence-electron chi connectivity index (χ3n) is 10.8. The predicted molar refractivity (Wildman–Crippen MR) is 198 cm³/mol. The first-order chi connectivity index (χ1) is 25.0. The zero-order chi connectivity index (χ0) is 36.1. The second kappa shape index (κ2) is 11.0. The van der Waals surface area contributed by atoms with E-state index >= 15 is 0 Å². The Morgan fingerprint density at radius 2 is 0.885 bits per heavy atom. The molecule has 0 aliphatic heterocycles. The van der Waals surface area contributed by atoms with Crippen LogP contribution in [-0.4, -0.2) is 11.4 Å². The molecule has 0 amide bonds. The lowest BCUT2D eigenvalue weighted by molar-refractivity contribution is -0.137. The molecule has 0 radical (unpaired) electrons. The van der Waals surface area contributed by atoms with Gasteiger partial charge in [-0.3, -0.25) is 0 Å². The van der Waals surface area contributed by atoms with E-state index in [0.29, 0.717) is 17.0 Å². The fourth-order valence-electron chi connectivity index (χ4n) is 8.20. The molecule has 6 aromatic carbocycles. The number of fused-ring (bicyclic) bond motifs is 9. The van der Waals surface area contributed by atoms with E-state index in [1.54, 1.807) is 0 Å². The van der Waals surface area contributed by atoms with E-state index in [1.165, 1.54) is 17.7 Å². The summed E-state index contributed by atoms with van der Waals surface area (Å²) in [5.74, 6) is 0. The SMILES string of the molecule is Cc1ccc(-c2ccc3c(c2)/C(=N/C#N)c2cc4c(cc2-3)C(C)(C)c2cc3c(cc2-4)/C(=N\C#N)c2cc(-c4ccc(C(F)(F)F)cc4)ccc2-3)cc1. The first-order valence-electron chi connectivity index (χ1n) is 16.8. The number of hydrogen-bond acceptors (Lipinski definition) is 4. The van der Waals surface area contributed by atoms with Crippen LogP contribution in [0.3, 0.4) is 0 Å². The average molecular weight is 681 g/mol. The highest BCUT2D eigenvalue weighted by Crippen LogP contribution is 2.55. The molecule has 3 aliphatic carbocycles. The van der Waals surface area contributed by atoms with Crippen LogP contribution in [-0.2, 0) is 11.6 Å². The number of nitriles is 2. The molecule has 9 rings (SSSR count). The molecule has 0 fully saturated rings. The molecule has 0 unspecified atom stereocenters. The van der Waals surface area contributed by atoms with Crippen LogP contribution in [0.1, 0.15) is 58.4 Å². The number of aliphatic imine (C=N–C) groups is 2. The zero-order valence-electron chi connectivity index (χ0n) is 28.3. The minimum atomic E-state index is -4.42. The number of benzene rings is 6. The van der Waals surface area contributed by atoms with Crippen molar-refractivity contribution in [2.24, 2.45) is 9.98 Å². The highest BCUT2D eigenvalue weighted by molar-refractivity contribution is 6.27. The summed E-state index contributed by atoms with van der Waals surface area (Å²) < 4.78 is 39.7. The Kier molecular flexibility index (Phi) is 6.62. The molecule has 52 heavy (non-hydrogen) atoms. The second-order valence-corrected chi connectivity index (χ2v) is 14.1. The lowest BCUT2D eigenvalue weighted by Crippen LogP contribution is -2.15. The summed E-state index contributed by atoms with van der Waals surface area (Å²) in [7, 11) is 0. The zero-order valence-corrected chi connectivity index (χ0v) is 28.3. The molecule has 3 aliphatic rings. The van der Waals surface area contributed by atoms with Gasteiger partial charge in [-0.05, 0) is 122 Å². The lowest BCUT2D eigenvalue weighted by Gasteiger charge is -2.23. The van der Waals surface area contributed by atoms with Crippen LogP contribution in [0.5, 0.6) is 0 Å². The Hall–Kier alpha value is -6.57. The Balaban J connectivity index is 1.16. The van der Waals surface area contributed by atoms with Crippen LogP contribution in [0.4, 0.5) is 13.2 Å². The second-order valence-electron chi connectivity index (χ2n) is 14.1. The summed E-state index contributed by atoms with van der Waals surface area (Å²) in [6.07, 6.45) is -0.400. The van der Waals surface area contributed by atoms with Crippen molar-refractivity contribution in [1.29, 1.82) is 10.5 Å². The van der Waals surface area contributed by atoms with Crippen molar-refractivity contribution in [3.05, 3.63) is 154 Å². The van der Waals surface area contributed by atoms with E-state index in [2.05, 4.69) is 97.5 Å². The van der Waals surface area contributed by atoms with Crippen LogP contribution in [0.15, 0.2) is 119 Å². The van der Waals surface area contributed by atoms with Crippen molar-refractivity contribution in [3.8, 4) is 68.0 Å². The quantitative estimate of drug-likeness (QED) is 0.170. The molecule has 0 aromatic heterocycles. The molecule has 0 N–H and O–H groups in total. The Morgan fingerprint density at radius 3 is 1.31 bits per heavy atom. The van der Waals surface area contributed by atoms with Gasteiger partial charge >= 0.3 is 6.18 Å². The van der Waals surface area contributed by atoms with Gasteiger partial charge in [-0.25, -0.2) is 0 Å². The topological polar surface area (TPSA) is 72.3 Å². The molecule has 0 saturated heterocycles. The molecular weight excluding hydrogens is 654 g/mol. The summed E-state index contributed by atoms with van der Waals surface area (Å²) in [5.41, 5.74) is 16.5. The van der Waals surface area contributed by atoms with Crippen LogP contribution in [0.25, 0.3) is 55.6 Å². The molecule has 0 heterocycles. The molecule has 7 heteroatoms. The Labute approximate surface area is 298 Å². The van der Waals surface area contributed by atoms with Gasteiger partial charge in [0, 0.05) is 27.7 Å². The molecular formula is C45H27F3N4. The van der Waals surface area contributed by atoms with Gasteiger partial charge in [0.15, 0.2) is 0 Å². The van der Waals surface area contributed by atoms with E-state index < -0.39 is 11.7 Å². The summed E-state index contributed by atoms with van der Waals surface area (Å²) in [4.78, 5) is 8.64. The summed E-state index contributed by atoms with van der Waals surface area (Å²) in [6.45, 7) is 6.49.